The zero-order chi connectivity index (χ0) is 22.8. The lowest BCUT2D eigenvalue weighted by Gasteiger charge is -2.37. The summed E-state index contributed by atoms with van der Waals surface area (Å²) in [6.45, 7) is 6.48. The summed E-state index contributed by atoms with van der Waals surface area (Å²) in [7, 11) is 0. The van der Waals surface area contributed by atoms with E-state index in [4.69, 9.17) is 42.9 Å². The van der Waals surface area contributed by atoms with E-state index in [0.29, 0.717) is 27.5 Å². The molecule has 2 aromatic rings. The first-order chi connectivity index (χ1) is 15.4. The molecule has 0 amide bonds. The fourth-order valence-electron chi connectivity index (χ4n) is 3.42. The third-order valence-electron chi connectivity index (χ3n) is 4.74. The SMILES string of the molecule is CCSc1nc2c(c(SC)n1)C1=NC(=COc3ccc(Cl)cc3Cl)NN1C(CC(C)C)N2. The average Bonchev–Trinajstić information content (AvgIpc) is 3.17. The summed E-state index contributed by atoms with van der Waals surface area (Å²) < 4.78 is 5.78. The standard InChI is InChI=1S/C21H24Cl2N6OS2/c1-5-32-21-26-18-17(20(27-21)31-4)19-24-15(28-29(19)16(25-18)8-11(2)3)10-30-14-7-6-12(22)9-13(14)23/h6-7,9-11,16,28H,5,8H2,1-4H3,(H,25,26,27). The third kappa shape index (κ3) is 4.90. The van der Waals surface area contributed by atoms with Crippen LogP contribution in [0.5, 0.6) is 5.75 Å². The highest BCUT2D eigenvalue weighted by atomic mass is 35.5. The van der Waals surface area contributed by atoms with E-state index < -0.39 is 0 Å². The number of nitrogens with one attached hydrogen (secondary N) is 2. The number of amidine groups is 1. The predicted molar refractivity (Wildman–Crippen MR) is 134 cm³/mol. The number of thioether (sulfide) groups is 2. The van der Waals surface area contributed by atoms with Gasteiger partial charge in [-0.05, 0) is 42.5 Å². The second-order valence-corrected chi connectivity index (χ2v) is 10.4. The van der Waals surface area contributed by atoms with Crippen LogP contribution in [-0.2, 0) is 0 Å². The molecule has 0 saturated heterocycles. The van der Waals surface area contributed by atoms with E-state index in [0.717, 1.165) is 39.6 Å². The van der Waals surface area contributed by atoms with Crippen molar-refractivity contribution in [2.24, 2.45) is 10.9 Å². The summed E-state index contributed by atoms with van der Waals surface area (Å²) in [5.74, 6) is 4.04. The van der Waals surface area contributed by atoms with E-state index in [1.807, 2.05) is 11.3 Å². The highest BCUT2D eigenvalue weighted by Crippen LogP contribution is 2.36. The summed E-state index contributed by atoms with van der Waals surface area (Å²) in [4.78, 5) is 14.3. The highest BCUT2D eigenvalue weighted by Gasteiger charge is 2.38. The maximum absolute atomic E-state index is 6.23. The van der Waals surface area contributed by atoms with Gasteiger partial charge in [0.05, 0.1) is 10.6 Å². The molecule has 0 saturated carbocycles. The van der Waals surface area contributed by atoms with Crippen LogP contribution in [0.4, 0.5) is 5.82 Å². The van der Waals surface area contributed by atoms with E-state index in [1.54, 1.807) is 48.0 Å². The van der Waals surface area contributed by atoms with Crippen molar-refractivity contribution in [2.75, 3.05) is 17.3 Å². The van der Waals surface area contributed by atoms with Gasteiger partial charge in [-0.15, -0.1) is 11.8 Å². The molecular formula is C21H24Cl2N6OS2. The number of benzene rings is 1. The molecule has 11 heteroatoms. The number of fused-ring (bicyclic) bond motifs is 3. The second kappa shape index (κ2) is 9.99. The Kier molecular flexibility index (Phi) is 7.29. The fraction of sp³-hybridized carbons (Fsp3) is 0.381. The molecule has 2 aliphatic heterocycles. The van der Waals surface area contributed by atoms with Crippen molar-refractivity contribution in [2.45, 2.75) is 43.5 Å². The highest BCUT2D eigenvalue weighted by molar-refractivity contribution is 7.99. The Morgan fingerprint density at radius 3 is 2.78 bits per heavy atom. The van der Waals surface area contributed by atoms with E-state index in [9.17, 15) is 0 Å². The van der Waals surface area contributed by atoms with Gasteiger partial charge in [0.2, 0.25) is 0 Å². The van der Waals surface area contributed by atoms with Gasteiger partial charge >= 0.3 is 0 Å². The van der Waals surface area contributed by atoms with Crippen LogP contribution in [-0.4, -0.2) is 39.0 Å². The lowest BCUT2D eigenvalue weighted by atomic mass is 10.1. The molecule has 0 spiro atoms. The van der Waals surface area contributed by atoms with Crippen LogP contribution < -0.4 is 15.5 Å². The molecule has 1 aromatic heterocycles. The third-order valence-corrected chi connectivity index (χ3v) is 6.68. The molecule has 2 aliphatic rings. The Labute approximate surface area is 206 Å². The number of halogens is 2. The van der Waals surface area contributed by atoms with Gasteiger partial charge < -0.3 is 10.1 Å². The molecule has 32 heavy (non-hydrogen) atoms. The predicted octanol–water partition coefficient (Wildman–Crippen LogP) is 5.86. The number of aliphatic imine (C=N–C) groups is 1. The molecule has 170 valence electrons. The molecule has 0 radical (unpaired) electrons. The van der Waals surface area contributed by atoms with Crippen molar-refractivity contribution in [3.05, 3.63) is 45.9 Å². The van der Waals surface area contributed by atoms with Crippen molar-refractivity contribution in [3.63, 3.8) is 0 Å². The number of nitrogens with zero attached hydrogens (tertiary/aromatic N) is 4. The Morgan fingerprint density at radius 1 is 1.28 bits per heavy atom. The van der Waals surface area contributed by atoms with Gasteiger partial charge in [-0.2, -0.15) is 0 Å². The minimum absolute atomic E-state index is 0.0182. The van der Waals surface area contributed by atoms with Gasteiger partial charge in [-0.25, -0.2) is 20.0 Å². The van der Waals surface area contributed by atoms with E-state index in [2.05, 4.69) is 31.5 Å². The largest absolute Gasteiger partial charge is 0.460 e. The Morgan fingerprint density at radius 2 is 2.09 bits per heavy atom. The van der Waals surface area contributed by atoms with Crippen LogP contribution in [0.2, 0.25) is 10.0 Å². The molecule has 1 atom stereocenters. The van der Waals surface area contributed by atoms with Crippen LogP contribution in [0.1, 0.15) is 32.8 Å². The van der Waals surface area contributed by atoms with E-state index in [1.165, 1.54) is 0 Å². The summed E-state index contributed by atoms with van der Waals surface area (Å²) in [6.07, 6.45) is 4.44. The summed E-state index contributed by atoms with van der Waals surface area (Å²) in [6, 6.07) is 5.09. The van der Waals surface area contributed by atoms with Gasteiger partial charge in [0.15, 0.2) is 16.8 Å². The molecule has 4 rings (SSSR count). The summed E-state index contributed by atoms with van der Waals surface area (Å²) in [5, 5.41) is 8.24. The summed E-state index contributed by atoms with van der Waals surface area (Å²) >= 11 is 15.4. The molecule has 0 fully saturated rings. The lowest BCUT2D eigenvalue weighted by molar-refractivity contribution is 0.251. The van der Waals surface area contributed by atoms with E-state index >= 15 is 0 Å². The Balaban J connectivity index is 1.71. The maximum Gasteiger partial charge on any atom is 0.190 e. The van der Waals surface area contributed by atoms with E-state index in [-0.39, 0.29) is 6.17 Å². The van der Waals surface area contributed by atoms with Gasteiger partial charge in [0.25, 0.3) is 0 Å². The molecule has 3 heterocycles. The van der Waals surface area contributed by atoms with Gasteiger partial charge in [-0.3, -0.25) is 5.43 Å². The first-order valence-electron chi connectivity index (χ1n) is 10.2. The second-order valence-electron chi connectivity index (χ2n) is 7.57. The Bertz CT molecular complexity index is 1080. The summed E-state index contributed by atoms with van der Waals surface area (Å²) in [5.41, 5.74) is 4.23. The monoisotopic (exact) mass is 510 g/mol. The molecule has 1 aromatic carbocycles. The molecular weight excluding hydrogens is 487 g/mol. The minimum atomic E-state index is -0.0182. The van der Waals surface area contributed by atoms with Crippen LogP contribution >= 0.6 is 46.7 Å². The van der Waals surface area contributed by atoms with Gasteiger partial charge in [-0.1, -0.05) is 55.7 Å². The van der Waals surface area contributed by atoms with Gasteiger partial charge in [0.1, 0.15) is 29.0 Å². The van der Waals surface area contributed by atoms with Crippen LogP contribution in [0.15, 0.2) is 45.5 Å². The van der Waals surface area contributed by atoms with Crippen LogP contribution in [0.25, 0.3) is 0 Å². The fourth-order valence-corrected chi connectivity index (χ4v) is 5.07. The maximum atomic E-state index is 6.23. The molecule has 2 N–H and O–H groups in total. The van der Waals surface area contributed by atoms with Crippen molar-refractivity contribution in [3.8, 4) is 5.75 Å². The van der Waals surface area contributed by atoms with Gasteiger partial charge in [0, 0.05) is 5.02 Å². The molecule has 0 bridgehead atoms. The number of hydrogen-bond acceptors (Lipinski definition) is 9. The zero-order valence-corrected chi connectivity index (χ0v) is 21.3. The topological polar surface area (TPSA) is 74.7 Å². The number of rotatable bonds is 7. The van der Waals surface area contributed by atoms with Crippen molar-refractivity contribution in [1.82, 2.24) is 20.4 Å². The van der Waals surface area contributed by atoms with Crippen LogP contribution in [0, 0.1) is 5.92 Å². The first kappa shape index (κ1) is 23.4. The first-order valence-corrected chi connectivity index (χ1v) is 13.2. The molecule has 7 nitrogen and oxygen atoms in total. The number of hydrazine groups is 1. The van der Waals surface area contributed by atoms with Crippen molar-refractivity contribution < 1.29 is 4.74 Å². The minimum Gasteiger partial charge on any atom is -0.460 e. The Hall–Kier alpha value is -1.81. The average molecular weight is 512 g/mol. The number of hydrogen-bond donors (Lipinski definition) is 2. The lowest BCUT2D eigenvalue weighted by Crippen LogP contribution is -2.53. The number of anilines is 1. The molecule has 1 unspecified atom stereocenters. The number of aromatic nitrogens is 2. The van der Waals surface area contributed by atoms with Crippen LogP contribution in [0.3, 0.4) is 0 Å². The molecule has 0 aliphatic carbocycles. The quantitative estimate of drug-likeness (QED) is 0.207. The smallest absolute Gasteiger partial charge is 0.190 e. The van der Waals surface area contributed by atoms with Crippen molar-refractivity contribution in [1.29, 1.82) is 0 Å². The number of ether oxygens (including phenoxy) is 1. The normalized spacial score (nSPS) is 18.2. The van der Waals surface area contributed by atoms with Crippen molar-refractivity contribution >= 4 is 58.4 Å². The zero-order valence-electron chi connectivity index (χ0n) is 18.1.